The Morgan fingerprint density at radius 2 is 1.84 bits per heavy atom. The highest BCUT2D eigenvalue weighted by Gasteiger charge is 2.11. The molecule has 0 fully saturated rings. The summed E-state index contributed by atoms with van der Waals surface area (Å²) in [6.07, 6.45) is 0.795. The van der Waals surface area contributed by atoms with Gasteiger partial charge in [0.15, 0.2) is 0 Å². The fourth-order valence-corrected chi connectivity index (χ4v) is 1.93. The van der Waals surface area contributed by atoms with Gasteiger partial charge in [-0.3, -0.25) is 4.79 Å². The summed E-state index contributed by atoms with van der Waals surface area (Å²) in [5, 5.41) is 11.8. The number of para-hydroxylation sites is 1. The predicted molar refractivity (Wildman–Crippen MR) is 74.9 cm³/mol. The average Bonchev–Trinajstić information content (AvgIpc) is 2.47. The fourth-order valence-electron chi connectivity index (χ4n) is 1.93. The van der Waals surface area contributed by atoms with Crippen molar-refractivity contribution in [3.63, 3.8) is 0 Å². The zero-order valence-corrected chi connectivity index (χ0v) is 10.7. The van der Waals surface area contributed by atoms with Crippen molar-refractivity contribution in [2.24, 2.45) is 0 Å². The zero-order chi connectivity index (χ0) is 13.7. The van der Waals surface area contributed by atoms with Gasteiger partial charge in [0, 0.05) is 5.56 Å². The number of carbonyl (C=O) groups excluding carboxylic acids is 1. The number of rotatable bonds is 3. The van der Waals surface area contributed by atoms with Gasteiger partial charge in [0.05, 0.1) is 11.3 Å². The van der Waals surface area contributed by atoms with Gasteiger partial charge in [0.25, 0.3) is 5.91 Å². The lowest BCUT2D eigenvalue weighted by atomic mass is 10.0. The molecule has 2 aromatic rings. The van der Waals surface area contributed by atoms with E-state index in [1.807, 2.05) is 25.1 Å². The molecule has 0 aliphatic heterocycles. The Balaban J connectivity index is 2.29. The van der Waals surface area contributed by atoms with Gasteiger partial charge in [0.2, 0.25) is 0 Å². The van der Waals surface area contributed by atoms with Crippen LogP contribution in [0.5, 0.6) is 0 Å². The Morgan fingerprint density at radius 3 is 2.58 bits per heavy atom. The largest absolute Gasteiger partial charge is 0.321 e. The SMILES string of the molecule is CCc1ccccc1C(=O)Nc1ccccc1C#N. The van der Waals surface area contributed by atoms with Crippen molar-refractivity contribution in [3.8, 4) is 6.07 Å². The van der Waals surface area contributed by atoms with Gasteiger partial charge in [-0.05, 0) is 30.2 Å². The average molecular weight is 250 g/mol. The Morgan fingerprint density at radius 1 is 1.16 bits per heavy atom. The maximum Gasteiger partial charge on any atom is 0.255 e. The van der Waals surface area contributed by atoms with Crippen molar-refractivity contribution < 1.29 is 4.79 Å². The number of nitriles is 1. The Bertz CT molecular complexity index is 641. The third-order valence-electron chi connectivity index (χ3n) is 2.94. The number of amides is 1. The van der Waals surface area contributed by atoms with Gasteiger partial charge in [-0.15, -0.1) is 0 Å². The van der Waals surface area contributed by atoms with Crippen LogP contribution in [0, 0.1) is 11.3 Å². The van der Waals surface area contributed by atoms with Crippen molar-refractivity contribution in [1.82, 2.24) is 0 Å². The second kappa shape index (κ2) is 5.83. The van der Waals surface area contributed by atoms with E-state index < -0.39 is 0 Å². The summed E-state index contributed by atoms with van der Waals surface area (Å²) < 4.78 is 0. The Labute approximate surface area is 112 Å². The minimum atomic E-state index is -0.180. The van der Waals surface area contributed by atoms with E-state index in [9.17, 15) is 4.79 Å². The number of aryl methyl sites for hydroxylation is 1. The summed E-state index contributed by atoms with van der Waals surface area (Å²) in [7, 11) is 0. The molecule has 0 atom stereocenters. The molecule has 0 radical (unpaired) electrons. The number of benzene rings is 2. The van der Waals surface area contributed by atoms with Gasteiger partial charge in [-0.2, -0.15) is 5.26 Å². The topological polar surface area (TPSA) is 52.9 Å². The molecule has 2 rings (SSSR count). The smallest absolute Gasteiger partial charge is 0.255 e. The first-order chi connectivity index (χ1) is 9.26. The van der Waals surface area contributed by atoms with Crippen LogP contribution in [0.1, 0.15) is 28.4 Å². The third kappa shape index (κ3) is 2.80. The van der Waals surface area contributed by atoms with Gasteiger partial charge in [-0.25, -0.2) is 0 Å². The van der Waals surface area contributed by atoms with Gasteiger partial charge >= 0.3 is 0 Å². The summed E-state index contributed by atoms with van der Waals surface area (Å²) in [6, 6.07) is 16.5. The highest BCUT2D eigenvalue weighted by atomic mass is 16.1. The van der Waals surface area contributed by atoms with E-state index in [2.05, 4.69) is 11.4 Å². The molecule has 0 saturated heterocycles. The quantitative estimate of drug-likeness (QED) is 0.908. The number of hydrogen-bond acceptors (Lipinski definition) is 2. The third-order valence-corrected chi connectivity index (χ3v) is 2.94. The van der Waals surface area contributed by atoms with E-state index >= 15 is 0 Å². The first-order valence-corrected chi connectivity index (χ1v) is 6.14. The molecule has 0 aliphatic carbocycles. The van der Waals surface area contributed by atoms with Gasteiger partial charge in [-0.1, -0.05) is 37.3 Å². The Hall–Kier alpha value is -2.60. The summed E-state index contributed by atoms with van der Waals surface area (Å²) in [4.78, 5) is 12.2. The van der Waals surface area contributed by atoms with Crippen LogP contribution in [0.25, 0.3) is 0 Å². The van der Waals surface area contributed by atoms with Crippen LogP contribution in [-0.4, -0.2) is 5.91 Å². The molecule has 94 valence electrons. The van der Waals surface area contributed by atoms with E-state index in [4.69, 9.17) is 5.26 Å². The molecule has 2 aromatic carbocycles. The molecular formula is C16H14N2O. The van der Waals surface area contributed by atoms with E-state index in [0.29, 0.717) is 16.8 Å². The number of nitrogens with zero attached hydrogens (tertiary/aromatic N) is 1. The highest BCUT2D eigenvalue weighted by molar-refractivity contribution is 6.05. The molecule has 0 aliphatic rings. The van der Waals surface area contributed by atoms with Crippen LogP contribution in [0.2, 0.25) is 0 Å². The second-order valence-corrected chi connectivity index (χ2v) is 4.12. The maximum atomic E-state index is 12.2. The minimum Gasteiger partial charge on any atom is -0.321 e. The molecule has 0 bridgehead atoms. The van der Waals surface area contributed by atoms with Crippen LogP contribution in [0.4, 0.5) is 5.69 Å². The lowest BCUT2D eigenvalue weighted by Gasteiger charge is -2.09. The number of nitrogens with one attached hydrogen (secondary N) is 1. The molecule has 3 nitrogen and oxygen atoms in total. The number of hydrogen-bond donors (Lipinski definition) is 1. The molecule has 0 unspecified atom stereocenters. The van der Waals surface area contributed by atoms with Crippen LogP contribution >= 0.6 is 0 Å². The molecule has 0 aromatic heterocycles. The van der Waals surface area contributed by atoms with Crippen molar-refractivity contribution in [2.45, 2.75) is 13.3 Å². The van der Waals surface area contributed by atoms with Gasteiger partial charge in [0.1, 0.15) is 6.07 Å². The number of anilines is 1. The summed E-state index contributed by atoms with van der Waals surface area (Å²) in [5.74, 6) is -0.180. The fraction of sp³-hybridized carbons (Fsp3) is 0.125. The lowest BCUT2D eigenvalue weighted by Crippen LogP contribution is -2.14. The first-order valence-electron chi connectivity index (χ1n) is 6.14. The van der Waals surface area contributed by atoms with Crippen molar-refractivity contribution in [1.29, 1.82) is 5.26 Å². The highest BCUT2D eigenvalue weighted by Crippen LogP contribution is 2.16. The summed E-state index contributed by atoms with van der Waals surface area (Å²) in [6.45, 7) is 2.01. The van der Waals surface area contributed by atoms with Crippen LogP contribution in [0.15, 0.2) is 48.5 Å². The van der Waals surface area contributed by atoms with Crippen LogP contribution in [-0.2, 0) is 6.42 Å². The molecule has 19 heavy (non-hydrogen) atoms. The number of carbonyl (C=O) groups is 1. The van der Waals surface area contributed by atoms with Crippen LogP contribution < -0.4 is 5.32 Å². The van der Waals surface area contributed by atoms with Crippen LogP contribution in [0.3, 0.4) is 0 Å². The minimum absolute atomic E-state index is 0.180. The normalized spacial score (nSPS) is 9.68. The van der Waals surface area contributed by atoms with E-state index in [1.165, 1.54) is 0 Å². The zero-order valence-electron chi connectivity index (χ0n) is 10.7. The molecular weight excluding hydrogens is 236 g/mol. The molecule has 0 spiro atoms. The Kier molecular flexibility index (Phi) is 3.94. The molecule has 0 heterocycles. The molecule has 0 saturated carbocycles. The lowest BCUT2D eigenvalue weighted by molar-refractivity contribution is 0.102. The summed E-state index contributed by atoms with van der Waals surface area (Å²) >= 11 is 0. The van der Waals surface area contributed by atoms with Crippen molar-refractivity contribution >= 4 is 11.6 Å². The molecule has 1 amide bonds. The van der Waals surface area contributed by atoms with Crippen molar-refractivity contribution in [3.05, 3.63) is 65.2 Å². The van der Waals surface area contributed by atoms with E-state index in [0.717, 1.165) is 12.0 Å². The van der Waals surface area contributed by atoms with E-state index in [1.54, 1.807) is 30.3 Å². The maximum absolute atomic E-state index is 12.2. The monoisotopic (exact) mass is 250 g/mol. The summed E-state index contributed by atoms with van der Waals surface area (Å²) in [5.41, 5.74) is 2.65. The molecule has 3 heteroatoms. The molecule has 1 N–H and O–H groups in total. The second-order valence-electron chi connectivity index (χ2n) is 4.12. The van der Waals surface area contributed by atoms with Gasteiger partial charge < -0.3 is 5.32 Å². The predicted octanol–water partition coefficient (Wildman–Crippen LogP) is 3.37. The standard InChI is InChI=1S/C16H14N2O/c1-2-12-7-3-5-9-14(12)16(19)18-15-10-6-4-8-13(15)11-17/h3-10H,2H2,1H3,(H,18,19). The first kappa shape index (κ1) is 12.8. The van der Waals surface area contributed by atoms with Crippen molar-refractivity contribution in [2.75, 3.05) is 5.32 Å². The van der Waals surface area contributed by atoms with E-state index in [-0.39, 0.29) is 5.91 Å².